The van der Waals surface area contributed by atoms with Crippen LogP contribution >= 0.6 is 0 Å². The van der Waals surface area contributed by atoms with Gasteiger partial charge in [-0.1, -0.05) is 31.0 Å². The largest absolute Gasteiger partial charge is 0.492 e. The molecule has 0 bridgehead atoms. The average Bonchev–Trinajstić information content (AvgIpc) is 2.76. The maximum Gasteiger partial charge on any atom is 0.234 e. The third-order valence-electron chi connectivity index (χ3n) is 4.43. The summed E-state index contributed by atoms with van der Waals surface area (Å²) in [5.74, 6) is 0.885. The van der Waals surface area contributed by atoms with E-state index in [0.717, 1.165) is 30.7 Å². The second-order valence-corrected chi connectivity index (χ2v) is 5.67. The fourth-order valence-electron chi connectivity index (χ4n) is 3.28. The quantitative estimate of drug-likeness (QED) is 0.896. The lowest BCUT2D eigenvalue weighted by Gasteiger charge is -2.31. The van der Waals surface area contributed by atoms with Crippen molar-refractivity contribution < 1.29 is 9.53 Å². The highest BCUT2D eigenvalue weighted by Gasteiger charge is 2.35. The molecule has 4 nitrogen and oxygen atoms in total. The zero-order valence-electron chi connectivity index (χ0n) is 11.8. The number of hydrogen-bond donors (Lipinski definition) is 1. The van der Waals surface area contributed by atoms with Crippen molar-refractivity contribution in [1.29, 1.82) is 0 Å². The van der Waals surface area contributed by atoms with Gasteiger partial charge in [0.2, 0.25) is 5.91 Å². The van der Waals surface area contributed by atoms with E-state index in [4.69, 9.17) is 10.5 Å². The molecule has 0 aromatic heterocycles. The number of rotatable bonds is 2. The maximum atomic E-state index is 12.9. The third kappa shape index (κ3) is 2.40. The molecule has 4 heteroatoms. The molecule has 2 N–H and O–H groups in total. The number of benzene rings is 1. The van der Waals surface area contributed by atoms with Gasteiger partial charge < -0.3 is 15.4 Å². The molecule has 2 heterocycles. The Balaban J connectivity index is 1.81. The number of likely N-dealkylation sites (tertiary alicyclic amines) is 1. The summed E-state index contributed by atoms with van der Waals surface area (Å²) >= 11 is 0. The molecule has 0 spiro atoms. The molecule has 1 fully saturated rings. The Morgan fingerprint density at radius 3 is 3.00 bits per heavy atom. The first-order valence-electron chi connectivity index (χ1n) is 7.53. The highest BCUT2D eigenvalue weighted by Crippen LogP contribution is 2.35. The number of para-hydroxylation sites is 1. The summed E-state index contributed by atoms with van der Waals surface area (Å²) in [6, 6.07) is 8.04. The van der Waals surface area contributed by atoms with Crippen LogP contribution in [-0.4, -0.2) is 36.5 Å². The molecular formula is C16H22N2O2. The molecule has 1 aromatic carbocycles. The van der Waals surface area contributed by atoms with Crippen molar-refractivity contribution >= 4 is 5.91 Å². The van der Waals surface area contributed by atoms with Crippen molar-refractivity contribution in [3.8, 4) is 5.75 Å². The fourth-order valence-corrected chi connectivity index (χ4v) is 3.28. The molecule has 0 aliphatic carbocycles. The van der Waals surface area contributed by atoms with Gasteiger partial charge in [-0.15, -0.1) is 0 Å². The monoisotopic (exact) mass is 274 g/mol. The summed E-state index contributed by atoms with van der Waals surface area (Å²) in [6.07, 6.45) is 4.47. The molecule has 1 aromatic rings. The zero-order chi connectivity index (χ0) is 13.9. The van der Waals surface area contributed by atoms with Crippen molar-refractivity contribution in [3.05, 3.63) is 29.8 Å². The van der Waals surface area contributed by atoms with Gasteiger partial charge in [-0.3, -0.25) is 4.79 Å². The van der Waals surface area contributed by atoms with Crippen molar-refractivity contribution in [2.24, 2.45) is 5.73 Å². The van der Waals surface area contributed by atoms with Gasteiger partial charge in [0.25, 0.3) is 0 Å². The van der Waals surface area contributed by atoms with Crippen LogP contribution in [0.25, 0.3) is 0 Å². The smallest absolute Gasteiger partial charge is 0.234 e. The number of ether oxygens (including phenoxy) is 1. The molecule has 2 aliphatic heterocycles. The van der Waals surface area contributed by atoms with Gasteiger partial charge >= 0.3 is 0 Å². The van der Waals surface area contributed by atoms with Gasteiger partial charge in [-0.05, 0) is 18.9 Å². The summed E-state index contributed by atoms with van der Waals surface area (Å²) in [5.41, 5.74) is 6.89. The molecule has 108 valence electrons. The molecule has 1 amide bonds. The predicted molar refractivity (Wildman–Crippen MR) is 77.7 cm³/mol. The maximum absolute atomic E-state index is 12.9. The van der Waals surface area contributed by atoms with Crippen LogP contribution in [0.4, 0.5) is 0 Å². The molecule has 0 saturated carbocycles. The number of amides is 1. The summed E-state index contributed by atoms with van der Waals surface area (Å²) in [4.78, 5) is 14.9. The number of nitrogens with zero attached hydrogens (tertiary/aromatic N) is 1. The Hall–Kier alpha value is -1.55. The van der Waals surface area contributed by atoms with Gasteiger partial charge in [-0.25, -0.2) is 0 Å². The zero-order valence-corrected chi connectivity index (χ0v) is 11.8. The normalized spacial score (nSPS) is 25.8. The first-order chi connectivity index (χ1) is 9.81. The minimum Gasteiger partial charge on any atom is -0.492 e. The minimum atomic E-state index is -0.154. The molecule has 3 rings (SSSR count). The van der Waals surface area contributed by atoms with Crippen molar-refractivity contribution in [1.82, 2.24) is 4.90 Å². The lowest BCUT2D eigenvalue weighted by atomic mass is 9.98. The van der Waals surface area contributed by atoms with Crippen LogP contribution in [0, 0.1) is 0 Å². The van der Waals surface area contributed by atoms with E-state index in [9.17, 15) is 4.79 Å². The first kappa shape index (κ1) is 13.4. The van der Waals surface area contributed by atoms with E-state index in [1.165, 1.54) is 12.8 Å². The van der Waals surface area contributed by atoms with Crippen LogP contribution in [0.5, 0.6) is 5.75 Å². The van der Waals surface area contributed by atoms with E-state index in [2.05, 4.69) is 0 Å². The van der Waals surface area contributed by atoms with Gasteiger partial charge in [0.15, 0.2) is 0 Å². The van der Waals surface area contributed by atoms with Gasteiger partial charge in [0.1, 0.15) is 18.3 Å². The number of carbonyl (C=O) groups excluding carboxylic acids is 1. The number of nitrogens with two attached hydrogens (primary N) is 1. The van der Waals surface area contributed by atoms with Gasteiger partial charge in [-0.2, -0.15) is 0 Å². The minimum absolute atomic E-state index is 0.154. The lowest BCUT2D eigenvalue weighted by molar-refractivity contribution is -0.135. The molecular weight excluding hydrogens is 252 g/mol. The van der Waals surface area contributed by atoms with E-state index in [1.54, 1.807) is 0 Å². The van der Waals surface area contributed by atoms with E-state index >= 15 is 0 Å². The Kier molecular flexibility index (Phi) is 3.92. The first-order valence-corrected chi connectivity index (χ1v) is 7.53. The van der Waals surface area contributed by atoms with E-state index < -0.39 is 0 Å². The third-order valence-corrected chi connectivity index (χ3v) is 4.43. The molecule has 2 aliphatic rings. The summed E-state index contributed by atoms with van der Waals surface area (Å²) < 4.78 is 5.64. The van der Waals surface area contributed by atoms with Crippen molar-refractivity contribution in [3.63, 3.8) is 0 Å². The predicted octanol–water partition coefficient (Wildman–Crippen LogP) is 1.89. The van der Waals surface area contributed by atoms with E-state index in [0.29, 0.717) is 13.2 Å². The van der Waals surface area contributed by atoms with Crippen LogP contribution in [0.15, 0.2) is 24.3 Å². The van der Waals surface area contributed by atoms with Crippen LogP contribution in [0.1, 0.15) is 37.2 Å². The molecule has 1 saturated heterocycles. The molecule has 2 atom stereocenters. The fraction of sp³-hybridized carbons (Fsp3) is 0.562. The Morgan fingerprint density at radius 1 is 1.30 bits per heavy atom. The van der Waals surface area contributed by atoms with Crippen molar-refractivity contribution in [2.45, 2.75) is 37.6 Å². The average molecular weight is 274 g/mol. The molecule has 0 radical (unpaired) electrons. The van der Waals surface area contributed by atoms with E-state index in [1.807, 2.05) is 29.2 Å². The highest BCUT2D eigenvalue weighted by atomic mass is 16.5. The SMILES string of the molecule is NCC1CCCCCN1C(=O)C1COc2ccccc21. The van der Waals surface area contributed by atoms with Crippen molar-refractivity contribution in [2.75, 3.05) is 19.7 Å². The van der Waals surface area contributed by atoms with Crippen LogP contribution < -0.4 is 10.5 Å². The molecule has 2 unspecified atom stereocenters. The summed E-state index contributed by atoms with van der Waals surface area (Å²) in [6.45, 7) is 1.85. The van der Waals surface area contributed by atoms with E-state index in [-0.39, 0.29) is 17.9 Å². The Labute approximate surface area is 119 Å². The Morgan fingerprint density at radius 2 is 2.15 bits per heavy atom. The van der Waals surface area contributed by atoms with Gasteiger partial charge in [0.05, 0.1) is 0 Å². The lowest BCUT2D eigenvalue weighted by Crippen LogP contribution is -2.46. The molecule has 20 heavy (non-hydrogen) atoms. The summed E-state index contributed by atoms with van der Waals surface area (Å²) in [5, 5.41) is 0. The summed E-state index contributed by atoms with van der Waals surface area (Å²) in [7, 11) is 0. The Bertz CT molecular complexity index is 489. The standard InChI is InChI=1S/C16H22N2O2/c17-10-12-6-2-1-5-9-18(12)16(19)14-11-20-15-8-4-3-7-13(14)15/h3-4,7-8,12,14H,1-2,5-6,9-11,17H2. The second-order valence-electron chi connectivity index (χ2n) is 5.67. The highest BCUT2D eigenvalue weighted by molar-refractivity contribution is 5.86. The number of hydrogen-bond acceptors (Lipinski definition) is 3. The number of fused-ring (bicyclic) bond motifs is 1. The van der Waals surface area contributed by atoms with Crippen LogP contribution in [0.2, 0.25) is 0 Å². The topological polar surface area (TPSA) is 55.6 Å². The second kappa shape index (κ2) is 5.83. The number of carbonyl (C=O) groups is 1. The van der Waals surface area contributed by atoms with Gasteiger partial charge in [0, 0.05) is 24.7 Å². The van der Waals surface area contributed by atoms with Crippen LogP contribution in [0.3, 0.4) is 0 Å². The van der Waals surface area contributed by atoms with Crippen LogP contribution in [-0.2, 0) is 4.79 Å².